The number of hydrogen-bond acceptors (Lipinski definition) is 7. The molecule has 7 nitrogen and oxygen atoms in total. The summed E-state index contributed by atoms with van der Waals surface area (Å²) in [7, 11) is 0. The number of anilines is 1. The van der Waals surface area contributed by atoms with Gasteiger partial charge in [-0.05, 0) is 78.4 Å². The summed E-state index contributed by atoms with van der Waals surface area (Å²) in [5.41, 5.74) is 5.74. The smallest absolute Gasteiger partial charge is 0.255 e. The Morgan fingerprint density at radius 2 is 1.14 bits per heavy atom. The van der Waals surface area contributed by atoms with Crippen molar-refractivity contribution < 1.29 is 24.3 Å². The van der Waals surface area contributed by atoms with Crippen molar-refractivity contribution in [1.29, 1.82) is 0 Å². The van der Waals surface area contributed by atoms with Gasteiger partial charge in [0.15, 0.2) is 0 Å². The van der Waals surface area contributed by atoms with Gasteiger partial charge in [0.25, 0.3) is 5.91 Å². The number of carbonyl (C=O) groups is 1. The molecule has 8 heteroatoms. The third kappa shape index (κ3) is 10.6. The zero-order valence-electron chi connectivity index (χ0n) is 23.5. The van der Waals surface area contributed by atoms with Crippen LogP contribution in [-0.2, 0) is 20.8 Å². The van der Waals surface area contributed by atoms with E-state index in [2.05, 4.69) is 43.2 Å². The average molecular weight is 601 g/mol. The van der Waals surface area contributed by atoms with Crippen molar-refractivity contribution in [1.82, 2.24) is 0 Å². The first-order chi connectivity index (χ1) is 21.6. The van der Waals surface area contributed by atoms with Gasteiger partial charge in [-0.25, -0.2) is 4.89 Å². The summed E-state index contributed by atoms with van der Waals surface area (Å²) >= 11 is 0.911. The summed E-state index contributed by atoms with van der Waals surface area (Å²) < 4.78 is 4.65. The molecule has 0 saturated carbocycles. The Bertz CT molecular complexity index is 1740. The molecule has 0 radical (unpaired) electrons. The van der Waals surface area contributed by atoms with E-state index < -0.39 is 0 Å². The largest absolute Gasteiger partial charge is 0.321 e. The second-order valence-corrected chi connectivity index (χ2v) is 9.72. The second-order valence-electron chi connectivity index (χ2n) is 8.98. The number of rotatable bonds is 7. The van der Waals surface area contributed by atoms with Gasteiger partial charge in [0.05, 0.1) is 22.6 Å². The molecule has 0 fully saturated rings. The van der Waals surface area contributed by atoms with E-state index in [9.17, 15) is 4.79 Å². The van der Waals surface area contributed by atoms with Crippen molar-refractivity contribution in [2.75, 3.05) is 5.32 Å². The van der Waals surface area contributed by atoms with E-state index in [4.69, 9.17) is 11.2 Å². The molecular weight excluding hydrogens is 572 g/mol. The lowest BCUT2D eigenvalue weighted by molar-refractivity contribution is -0.253. The fourth-order valence-corrected chi connectivity index (χ4v) is 4.14. The van der Waals surface area contributed by atoms with Crippen molar-refractivity contribution in [2.24, 2.45) is 5.90 Å². The van der Waals surface area contributed by atoms with Crippen molar-refractivity contribution in [3.8, 4) is 23.7 Å². The molecule has 5 aromatic carbocycles. The van der Waals surface area contributed by atoms with Crippen LogP contribution in [0.1, 0.15) is 38.2 Å². The van der Waals surface area contributed by atoms with Crippen molar-refractivity contribution in [3.63, 3.8) is 0 Å². The molecule has 0 unspecified atom stereocenters. The Labute approximate surface area is 260 Å². The summed E-state index contributed by atoms with van der Waals surface area (Å²) in [6.07, 6.45) is 0. The molecule has 5 aromatic rings. The Kier molecular flexibility index (Phi) is 12.8. The predicted octanol–water partition coefficient (Wildman–Crippen LogP) is 7.24. The molecule has 0 aliphatic heterocycles. The van der Waals surface area contributed by atoms with Crippen LogP contribution in [0.15, 0.2) is 138 Å². The normalized spacial score (nSPS) is 9.77. The van der Waals surface area contributed by atoms with Gasteiger partial charge in [0.1, 0.15) is 6.61 Å². The van der Waals surface area contributed by atoms with E-state index in [1.54, 1.807) is 24.3 Å². The molecule has 0 saturated heterocycles. The second kappa shape index (κ2) is 17.7. The van der Waals surface area contributed by atoms with Crippen LogP contribution in [0.4, 0.5) is 5.69 Å². The molecule has 1 amide bonds. The summed E-state index contributed by atoms with van der Waals surface area (Å²) in [5, 5.41) is 11.2. The van der Waals surface area contributed by atoms with Crippen LogP contribution in [0.3, 0.4) is 0 Å². The molecule has 218 valence electrons. The van der Waals surface area contributed by atoms with Crippen LogP contribution < -0.4 is 11.2 Å². The van der Waals surface area contributed by atoms with Gasteiger partial charge in [-0.1, -0.05) is 84.3 Å². The van der Waals surface area contributed by atoms with E-state index in [0.29, 0.717) is 16.1 Å². The van der Waals surface area contributed by atoms with E-state index in [1.807, 2.05) is 109 Å². The first-order valence-electron chi connectivity index (χ1n) is 13.3. The molecule has 4 N–H and O–H groups in total. The SMILES string of the molecule is NOOSc1ccccc1NC(=O)c1ccc(C#Cc2ccccc2)cc1.OOCc1ccc(C#Cc2ccccc2)cc1. The van der Waals surface area contributed by atoms with E-state index in [-0.39, 0.29) is 12.5 Å². The molecule has 0 spiro atoms. The lowest BCUT2D eigenvalue weighted by Crippen LogP contribution is -2.12. The van der Waals surface area contributed by atoms with E-state index >= 15 is 0 Å². The molecule has 0 bridgehead atoms. The highest BCUT2D eigenvalue weighted by molar-refractivity contribution is 7.94. The maximum absolute atomic E-state index is 12.5. The predicted molar refractivity (Wildman–Crippen MR) is 172 cm³/mol. The lowest BCUT2D eigenvalue weighted by Gasteiger charge is -2.09. The summed E-state index contributed by atoms with van der Waals surface area (Å²) in [4.78, 5) is 21.3. The fraction of sp³-hybridized carbons (Fsp3) is 0.0278. The summed E-state index contributed by atoms with van der Waals surface area (Å²) in [6.45, 7) is 0.201. The van der Waals surface area contributed by atoms with E-state index in [1.165, 1.54) is 0 Å². The quantitative estimate of drug-likeness (QED) is 0.0783. The van der Waals surface area contributed by atoms with Crippen molar-refractivity contribution >= 4 is 23.6 Å². The molecule has 0 aliphatic carbocycles. The van der Waals surface area contributed by atoms with Gasteiger partial charge in [-0.3, -0.25) is 10.1 Å². The Morgan fingerprint density at radius 1 is 0.659 bits per heavy atom. The van der Waals surface area contributed by atoms with Gasteiger partial charge < -0.3 is 5.32 Å². The summed E-state index contributed by atoms with van der Waals surface area (Å²) in [6, 6.07) is 41.4. The van der Waals surface area contributed by atoms with Crippen LogP contribution in [0, 0.1) is 23.7 Å². The van der Waals surface area contributed by atoms with Crippen LogP contribution >= 0.6 is 12.0 Å². The molecule has 0 aliphatic rings. The van der Waals surface area contributed by atoms with Gasteiger partial charge in [-0.15, -0.1) is 9.32 Å². The molecule has 0 aromatic heterocycles. The fourth-order valence-electron chi connectivity index (χ4n) is 3.69. The van der Waals surface area contributed by atoms with Gasteiger partial charge in [0, 0.05) is 27.8 Å². The highest BCUT2D eigenvalue weighted by Gasteiger charge is 2.10. The number of benzene rings is 5. The van der Waals surface area contributed by atoms with Crippen LogP contribution in [0.5, 0.6) is 0 Å². The van der Waals surface area contributed by atoms with Gasteiger partial charge in [-0.2, -0.15) is 5.90 Å². The third-order valence-corrected chi connectivity index (χ3v) is 6.56. The van der Waals surface area contributed by atoms with Crippen LogP contribution in [-0.4, -0.2) is 11.2 Å². The minimum atomic E-state index is -0.237. The standard InChI is InChI=1S/C21H16N2O3S.C15H12O2/c22-25-26-27-20-9-5-4-8-19(20)23-21(24)18-14-12-17(13-15-18)11-10-16-6-2-1-3-7-16;16-17-12-15-10-8-14(9-11-15)7-6-13-4-2-1-3-5-13/h1-9,12-15H,22H2,(H,23,24);1-5,8-11,16H,12H2. The number of carbonyl (C=O) groups excluding carboxylic acids is 1. The molecular formula is C36H28N2O5S. The highest BCUT2D eigenvalue weighted by atomic mass is 32.2. The number of nitrogens with one attached hydrogen (secondary N) is 1. The molecule has 0 heterocycles. The summed E-state index contributed by atoms with van der Waals surface area (Å²) in [5.74, 6) is 16.9. The Morgan fingerprint density at radius 3 is 1.66 bits per heavy atom. The Balaban J connectivity index is 0.000000223. The number of amides is 1. The molecule has 44 heavy (non-hydrogen) atoms. The van der Waals surface area contributed by atoms with E-state index in [0.717, 1.165) is 39.9 Å². The maximum atomic E-state index is 12.5. The number of para-hydroxylation sites is 1. The highest BCUT2D eigenvalue weighted by Crippen LogP contribution is 2.28. The lowest BCUT2D eigenvalue weighted by atomic mass is 10.1. The molecule has 0 atom stereocenters. The number of hydrogen-bond donors (Lipinski definition) is 3. The average Bonchev–Trinajstić information content (AvgIpc) is 3.08. The zero-order chi connectivity index (χ0) is 30.8. The minimum Gasteiger partial charge on any atom is -0.321 e. The maximum Gasteiger partial charge on any atom is 0.255 e. The number of nitrogens with two attached hydrogens (primary N) is 1. The molecule has 5 rings (SSSR count). The van der Waals surface area contributed by atoms with Gasteiger partial charge in [0.2, 0.25) is 0 Å². The Hall–Kier alpha value is -5.16. The minimum absolute atomic E-state index is 0.201. The first-order valence-corrected chi connectivity index (χ1v) is 14.1. The monoisotopic (exact) mass is 600 g/mol. The van der Waals surface area contributed by atoms with Gasteiger partial charge >= 0.3 is 0 Å². The first kappa shape index (κ1) is 31.8. The van der Waals surface area contributed by atoms with Crippen LogP contribution in [0.2, 0.25) is 0 Å². The van der Waals surface area contributed by atoms with Crippen molar-refractivity contribution in [2.45, 2.75) is 11.5 Å². The van der Waals surface area contributed by atoms with Crippen molar-refractivity contribution in [3.05, 3.63) is 167 Å². The third-order valence-electron chi connectivity index (χ3n) is 5.88. The topological polar surface area (TPSA) is 103 Å². The van der Waals surface area contributed by atoms with Crippen LogP contribution in [0.25, 0.3) is 0 Å². The zero-order valence-corrected chi connectivity index (χ0v) is 24.3.